The number of benzene rings is 3. The number of rotatable bonds is 8. The van der Waals surface area contributed by atoms with Crippen LogP contribution in [-0.4, -0.2) is 40.1 Å². The smallest absolute Gasteiger partial charge is 0.264 e. The van der Waals surface area contributed by atoms with Crippen molar-refractivity contribution >= 4 is 59.9 Å². The number of hydrogen-bond acceptors (Lipinski definition) is 7. The van der Waals surface area contributed by atoms with Crippen LogP contribution in [0.4, 0.5) is 10.8 Å². The molecule has 0 saturated heterocycles. The summed E-state index contributed by atoms with van der Waals surface area (Å²) in [5.74, 6) is 0.623. The molecule has 1 heterocycles. The zero-order valence-electron chi connectivity index (χ0n) is 18.2. The van der Waals surface area contributed by atoms with Gasteiger partial charge in [-0.3, -0.25) is 14.4 Å². The molecule has 0 aliphatic rings. The van der Waals surface area contributed by atoms with E-state index in [1.165, 1.54) is 41.9 Å². The number of carbonyl (C=O) groups excluding carboxylic acids is 1. The number of amides is 1. The highest BCUT2D eigenvalue weighted by Gasteiger charge is 2.21. The Morgan fingerprint density at radius 3 is 2.41 bits per heavy atom. The predicted molar refractivity (Wildman–Crippen MR) is 134 cm³/mol. The lowest BCUT2D eigenvalue weighted by Gasteiger charge is -2.20. The Morgan fingerprint density at radius 1 is 1.06 bits per heavy atom. The highest BCUT2D eigenvalue weighted by Crippen LogP contribution is 2.28. The second-order valence-corrected chi connectivity index (χ2v) is 10.5. The Morgan fingerprint density at radius 2 is 1.74 bits per heavy atom. The fourth-order valence-electron chi connectivity index (χ4n) is 3.05. The summed E-state index contributed by atoms with van der Waals surface area (Å²) in [7, 11) is -0.765. The third kappa shape index (κ3) is 5.24. The fourth-order valence-corrected chi connectivity index (χ4v) is 5.41. The number of thiazole rings is 1. The third-order valence-corrected chi connectivity index (χ3v) is 7.85. The van der Waals surface area contributed by atoms with Crippen molar-refractivity contribution < 1.29 is 22.7 Å². The Hall–Kier alpha value is -3.34. The minimum atomic E-state index is -3.75. The van der Waals surface area contributed by atoms with E-state index >= 15 is 0 Å². The van der Waals surface area contributed by atoms with Gasteiger partial charge in [0.25, 0.3) is 15.9 Å². The van der Waals surface area contributed by atoms with E-state index in [4.69, 9.17) is 21.1 Å². The van der Waals surface area contributed by atoms with Crippen LogP contribution in [-0.2, 0) is 14.8 Å². The van der Waals surface area contributed by atoms with Crippen LogP contribution in [0.2, 0.25) is 5.02 Å². The van der Waals surface area contributed by atoms with Gasteiger partial charge in [-0.2, -0.15) is 0 Å². The minimum Gasteiger partial charge on any atom is -0.497 e. The zero-order valence-corrected chi connectivity index (χ0v) is 20.6. The van der Waals surface area contributed by atoms with E-state index in [0.29, 0.717) is 27.3 Å². The molecule has 1 amide bonds. The highest BCUT2D eigenvalue weighted by atomic mass is 35.5. The number of methoxy groups -OCH3 is 1. The summed E-state index contributed by atoms with van der Waals surface area (Å²) >= 11 is 7.30. The number of halogens is 1. The van der Waals surface area contributed by atoms with Crippen LogP contribution in [0, 0.1) is 0 Å². The van der Waals surface area contributed by atoms with Crippen LogP contribution >= 0.6 is 22.9 Å². The quantitative estimate of drug-likeness (QED) is 0.360. The monoisotopic (exact) mass is 517 g/mol. The second-order valence-electron chi connectivity index (χ2n) is 7.11. The number of sulfonamides is 1. The van der Waals surface area contributed by atoms with Gasteiger partial charge in [-0.25, -0.2) is 13.4 Å². The van der Waals surface area contributed by atoms with E-state index in [1.807, 2.05) is 0 Å². The van der Waals surface area contributed by atoms with Crippen molar-refractivity contribution in [2.75, 3.05) is 30.4 Å². The van der Waals surface area contributed by atoms with Gasteiger partial charge >= 0.3 is 0 Å². The van der Waals surface area contributed by atoms with Crippen LogP contribution < -0.4 is 19.1 Å². The maximum absolute atomic E-state index is 12.9. The number of hydrogen-bond donors (Lipinski definition) is 1. The first-order chi connectivity index (χ1) is 16.3. The average molecular weight is 518 g/mol. The number of ether oxygens (including phenoxy) is 2. The lowest BCUT2D eigenvalue weighted by atomic mass is 10.3. The van der Waals surface area contributed by atoms with Gasteiger partial charge in [0.1, 0.15) is 11.5 Å². The van der Waals surface area contributed by atoms with Crippen molar-refractivity contribution in [2.24, 2.45) is 0 Å². The van der Waals surface area contributed by atoms with Crippen molar-refractivity contribution in [2.45, 2.75) is 4.90 Å². The SMILES string of the molecule is COc1ccc(S(=O)(=O)N(C)c2ccc(OCC(=O)Nc3nc4ccc(Cl)cc4s3)cc2)cc1. The van der Waals surface area contributed by atoms with Crippen LogP contribution in [0.25, 0.3) is 10.2 Å². The van der Waals surface area contributed by atoms with Gasteiger partial charge in [0, 0.05) is 12.1 Å². The van der Waals surface area contributed by atoms with Gasteiger partial charge in [0.2, 0.25) is 0 Å². The first-order valence-electron chi connectivity index (χ1n) is 9.98. The molecule has 4 rings (SSSR count). The van der Waals surface area contributed by atoms with E-state index in [9.17, 15) is 13.2 Å². The first kappa shape index (κ1) is 23.8. The standard InChI is InChI=1S/C23H20ClN3O5S2/c1-27(34(29,30)19-10-8-17(31-2)9-11-19)16-4-6-18(7-5-16)32-14-22(28)26-23-25-20-12-3-15(24)13-21(20)33-23/h3-13H,14H2,1-2H3,(H,25,26,28). The molecule has 0 atom stereocenters. The van der Waals surface area contributed by atoms with Crippen molar-refractivity contribution in [3.63, 3.8) is 0 Å². The number of nitrogens with zero attached hydrogens (tertiary/aromatic N) is 2. The Balaban J connectivity index is 1.36. The zero-order chi connectivity index (χ0) is 24.3. The fraction of sp³-hybridized carbons (Fsp3) is 0.130. The molecule has 0 aliphatic carbocycles. The van der Waals surface area contributed by atoms with E-state index < -0.39 is 10.0 Å². The molecular formula is C23H20ClN3O5S2. The summed E-state index contributed by atoms with van der Waals surface area (Å²) in [4.78, 5) is 16.7. The van der Waals surface area contributed by atoms with Gasteiger partial charge in [-0.15, -0.1) is 0 Å². The predicted octanol–water partition coefficient (Wildman–Crippen LogP) is 4.80. The molecule has 8 nitrogen and oxygen atoms in total. The second kappa shape index (κ2) is 9.88. The van der Waals surface area contributed by atoms with Gasteiger partial charge in [0.15, 0.2) is 11.7 Å². The molecular weight excluding hydrogens is 498 g/mol. The lowest BCUT2D eigenvalue weighted by molar-refractivity contribution is -0.118. The molecule has 0 bridgehead atoms. The van der Waals surface area contributed by atoms with E-state index in [2.05, 4.69) is 10.3 Å². The van der Waals surface area contributed by atoms with Crippen LogP contribution in [0.1, 0.15) is 0 Å². The summed E-state index contributed by atoms with van der Waals surface area (Å²) in [5, 5.41) is 3.75. The first-order valence-corrected chi connectivity index (χ1v) is 12.6. The topological polar surface area (TPSA) is 97.8 Å². The van der Waals surface area contributed by atoms with E-state index in [1.54, 1.807) is 54.6 Å². The number of fused-ring (bicyclic) bond motifs is 1. The molecule has 1 aromatic heterocycles. The summed E-state index contributed by atoms with van der Waals surface area (Å²) < 4.78 is 38.4. The maximum Gasteiger partial charge on any atom is 0.264 e. The molecule has 4 aromatic rings. The summed E-state index contributed by atoms with van der Waals surface area (Å²) in [6.07, 6.45) is 0. The highest BCUT2D eigenvalue weighted by molar-refractivity contribution is 7.92. The third-order valence-electron chi connectivity index (χ3n) is 4.88. The van der Waals surface area contributed by atoms with Crippen molar-refractivity contribution in [1.29, 1.82) is 0 Å². The molecule has 0 spiro atoms. The molecule has 0 unspecified atom stereocenters. The van der Waals surface area contributed by atoms with Crippen LogP contribution in [0.15, 0.2) is 71.6 Å². The van der Waals surface area contributed by atoms with Gasteiger partial charge in [-0.05, 0) is 66.7 Å². The Bertz CT molecular complexity index is 1420. The molecule has 176 valence electrons. The molecule has 0 aliphatic heterocycles. The molecule has 0 fully saturated rings. The lowest BCUT2D eigenvalue weighted by Crippen LogP contribution is -2.26. The summed E-state index contributed by atoms with van der Waals surface area (Å²) in [5.41, 5.74) is 1.19. The number of carbonyl (C=O) groups is 1. The Labute approximate surface area is 205 Å². The van der Waals surface area contributed by atoms with Crippen LogP contribution in [0.5, 0.6) is 11.5 Å². The minimum absolute atomic E-state index is 0.143. The number of nitrogens with one attached hydrogen (secondary N) is 1. The molecule has 34 heavy (non-hydrogen) atoms. The average Bonchev–Trinajstić information content (AvgIpc) is 3.23. The molecule has 3 aromatic carbocycles. The van der Waals surface area contributed by atoms with E-state index in [-0.39, 0.29) is 17.4 Å². The normalized spacial score (nSPS) is 11.3. The molecule has 0 radical (unpaired) electrons. The van der Waals surface area contributed by atoms with Crippen molar-refractivity contribution in [3.8, 4) is 11.5 Å². The van der Waals surface area contributed by atoms with Crippen molar-refractivity contribution in [1.82, 2.24) is 4.98 Å². The number of anilines is 2. The molecule has 0 saturated carbocycles. The van der Waals surface area contributed by atoms with E-state index in [0.717, 1.165) is 10.2 Å². The largest absolute Gasteiger partial charge is 0.497 e. The summed E-state index contributed by atoms with van der Waals surface area (Å²) in [6, 6.07) is 17.9. The van der Waals surface area contributed by atoms with Gasteiger partial charge in [-0.1, -0.05) is 22.9 Å². The van der Waals surface area contributed by atoms with Gasteiger partial charge < -0.3 is 9.47 Å². The van der Waals surface area contributed by atoms with Crippen LogP contribution in [0.3, 0.4) is 0 Å². The number of aromatic nitrogens is 1. The van der Waals surface area contributed by atoms with Crippen molar-refractivity contribution in [3.05, 3.63) is 71.8 Å². The van der Waals surface area contributed by atoms with Gasteiger partial charge in [0.05, 0.1) is 27.9 Å². The Kier molecular flexibility index (Phi) is 6.92. The molecule has 11 heteroatoms. The summed E-state index contributed by atoms with van der Waals surface area (Å²) in [6.45, 7) is -0.226. The molecule has 1 N–H and O–H groups in total. The maximum atomic E-state index is 12.9.